The van der Waals surface area contributed by atoms with Crippen LogP contribution >= 0.6 is 0 Å². The molecular weight excluding hydrogens is 236 g/mol. The predicted octanol–water partition coefficient (Wildman–Crippen LogP) is 2.47. The van der Waals surface area contributed by atoms with Crippen molar-refractivity contribution in [1.29, 1.82) is 0 Å². The zero-order valence-corrected chi connectivity index (χ0v) is 11.9. The van der Waals surface area contributed by atoms with Gasteiger partial charge in [-0.05, 0) is 24.1 Å². The molecule has 1 heterocycles. The third-order valence-electron chi connectivity index (χ3n) is 3.50. The molecule has 1 atom stereocenters. The molecule has 0 saturated heterocycles. The Morgan fingerprint density at radius 2 is 2.00 bits per heavy atom. The van der Waals surface area contributed by atoms with Crippen LogP contribution in [0.5, 0.6) is 0 Å². The smallest absolute Gasteiger partial charge is 0.127 e. The number of imidazole rings is 1. The summed E-state index contributed by atoms with van der Waals surface area (Å²) in [6, 6.07) is 8.59. The van der Waals surface area contributed by atoms with Gasteiger partial charge in [-0.25, -0.2) is 4.98 Å². The molecule has 0 fully saturated rings. The third-order valence-corrected chi connectivity index (χ3v) is 3.50. The fourth-order valence-corrected chi connectivity index (χ4v) is 2.06. The number of aromatic nitrogens is 2. The van der Waals surface area contributed by atoms with Gasteiger partial charge in [0, 0.05) is 38.2 Å². The van der Waals surface area contributed by atoms with Crippen LogP contribution in [-0.4, -0.2) is 16.6 Å². The summed E-state index contributed by atoms with van der Waals surface area (Å²) >= 11 is 0. The Bertz CT molecular complexity index is 515. The second-order valence-electron chi connectivity index (χ2n) is 4.92. The van der Waals surface area contributed by atoms with Gasteiger partial charge in [-0.2, -0.15) is 0 Å². The lowest BCUT2D eigenvalue weighted by atomic mass is 10.1. The second kappa shape index (κ2) is 5.89. The van der Waals surface area contributed by atoms with Crippen molar-refractivity contribution >= 4 is 5.69 Å². The molecule has 1 unspecified atom stereocenters. The first-order valence-electron chi connectivity index (χ1n) is 6.64. The third kappa shape index (κ3) is 3.15. The van der Waals surface area contributed by atoms with E-state index >= 15 is 0 Å². The van der Waals surface area contributed by atoms with Gasteiger partial charge in [0.15, 0.2) is 0 Å². The number of rotatable bonds is 5. The topological polar surface area (TPSA) is 47.1 Å². The Labute approximate surface area is 114 Å². The van der Waals surface area contributed by atoms with Gasteiger partial charge < -0.3 is 15.2 Å². The lowest BCUT2D eigenvalue weighted by Crippen LogP contribution is -2.19. The number of nitrogens with zero attached hydrogens (tertiary/aromatic N) is 3. The molecule has 4 heteroatoms. The zero-order valence-electron chi connectivity index (χ0n) is 11.9. The summed E-state index contributed by atoms with van der Waals surface area (Å²) < 4.78 is 2.04. The Morgan fingerprint density at radius 1 is 1.32 bits per heavy atom. The number of hydrogen-bond acceptors (Lipinski definition) is 3. The minimum absolute atomic E-state index is 0.133. The monoisotopic (exact) mass is 258 g/mol. The average molecular weight is 258 g/mol. The number of nitrogens with two attached hydrogens (primary N) is 1. The number of hydrogen-bond donors (Lipinski definition) is 1. The van der Waals surface area contributed by atoms with Crippen molar-refractivity contribution < 1.29 is 0 Å². The summed E-state index contributed by atoms with van der Waals surface area (Å²) in [6.07, 6.45) is 4.75. The zero-order chi connectivity index (χ0) is 13.8. The quantitative estimate of drug-likeness (QED) is 0.896. The Balaban J connectivity index is 2.07. The van der Waals surface area contributed by atoms with Gasteiger partial charge in [0.25, 0.3) is 0 Å². The SMILES string of the molecule is CCC(N)c1ccc(N(C)Cc2nccn2C)cc1. The van der Waals surface area contributed by atoms with Crippen molar-refractivity contribution in [3.63, 3.8) is 0 Å². The first-order chi connectivity index (χ1) is 9.11. The van der Waals surface area contributed by atoms with Crippen LogP contribution in [0.3, 0.4) is 0 Å². The summed E-state index contributed by atoms with van der Waals surface area (Å²) in [5.41, 5.74) is 8.39. The fraction of sp³-hybridized carbons (Fsp3) is 0.400. The molecule has 4 nitrogen and oxygen atoms in total. The van der Waals surface area contributed by atoms with Crippen molar-refractivity contribution in [3.8, 4) is 0 Å². The predicted molar refractivity (Wildman–Crippen MR) is 79.0 cm³/mol. The Hall–Kier alpha value is -1.81. The van der Waals surface area contributed by atoms with Crippen LogP contribution in [0.2, 0.25) is 0 Å². The van der Waals surface area contributed by atoms with E-state index in [9.17, 15) is 0 Å². The second-order valence-corrected chi connectivity index (χ2v) is 4.92. The average Bonchev–Trinajstić information content (AvgIpc) is 2.83. The van der Waals surface area contributed by atoms with E-state index in [4.69, 9.17) is 5.73 Å². The molecule has 0 saturated carbocycles. The molecule has 0 bridgehead atoms. The molecular formula is C15H22N4. The van der Waals surface area contributed by atoms with E-state index in [1.165, 1.54) is 11.3 Å². The van der Waals surface area contributed by atoms with Crippen LogP contribution in [-0.2, 0) is 13.6 Å². The highest BCUT2D eigenvalue weighted by Crippen LogP contribution is 2.19. The van der Waals surface area contributed by atoms with Crippen LogP contribution in [0.1, 0.15) is 30.8 Å². The highest BCUT2D eigenvalue weighted by atomic mass is 15.2. The van der Waals surface area contributed by atoms with E-state index in [0.717, 1.165) is 18.8 Å². The largest absolute Gasteiger partial charge is 0.367 e. The van der Waals surface area contributed by atoms with E-state index in [1.807, 2.05) is 24.0 Å². The summed E-state index contributed by atoms with van der Waals surface area (Å²) in [4.78, 5) is 6.53. The van der Waals surface area contributed by atoms with Gasteiger partial charge in [0.2, 0.25) is 0 Å². The van der Waals surface area contributed by atoms with Gasteiger partial charge >= 0.3 is 0 Å². The van der Waals surface area contributed by atoms with Crippen LogP contribution in [0, 0.1) is 0 Å². The minimum Gasteiger partial charge on any atom is -0.367 e. The van der Waals surface area contributed by atoms with E-state index < -0.39 is 0 Å². The van der Waals surface area contributed by atoms with E-state index in [2.05, 4.69) is 48.1 Å². The molecule has 1 aromatic carbocycles. The normalized spacial score (nSPS) is 12.4. The number of benzene rings is 1. The molecule has 102 valence electrons. The van der Waals surface area contributed by atoms with Crippen molar-refractivity contribution in [1.82, 2.24) is 9.55 Å². The maximum atomic E-state index is 6.02. The van der Waals surface area contributed by atoms with Crippen LogP contribution in [0.4, 0.5) is 5.69 Å². The molecule has 0 spiro atoms. The van der Waals surface area contributed by atoms with Crippen LogP contribution < -0.4 is 10.6 Å². The van der Waals surface area contributed by atoms with E-state index in [0.29, 0.717) is 0 Å². The molecule has 0 amide bonds. The summed E-state index contributed by atoms with van der Waals surface area (Å²) in [5, 5.41) is 0. The van der Waals surface area contributed by atoms with Gasteiger partial charge in [-0.3, -0.25) is 0 Å². The maximum absolute atomic E-state index is 6.02. The molecule has 1 aromatic heterocycles. The molecule has 19 heavy (non-hydrogen) atoms. The van der Waals surface area contributed by atoms with Crippen molar-refractivity contribution in [3.05, 3.63) is 48.0 Å². The molecule has 0 radical (unpaired) electrons. The first kappa shape index (κ1) is 13.6. The molecule has 2 N–H and O–H groups in total. The lowest BCUT2D eigenvalue weighted by molar-refractivity contribution is 0.698. The van der Waals surface area contributed by atoms with Crippen molar-refractivity contribution in [2.75, 3.05) is 11.9 Å². The van der Waals surface area contributed by atoms with Gasteiger partial charge in [-0.15, -0.1) is 0 Å². The molecule has 2 rings (SSSR count). The fourth-order valence-electron chi connectivity index (χ4n) is 2.06. The van der Waals surface area contributed by atoms with E-state index in [-0.39, 0.29) is 6.04 Å². The summed E-state index contributed by atoms with van der Waals surface area (Å²) in [6.45, 7) is 2.90. The standard InChI is InChI=1S/C15H22N4/c1-4-14(16)12-5-7-13(8-6-12)19(3)11-15-17-9-10-18(15)2/h5-10,14H,4,11,16H2,1-3H3. The molecule has 0 aliphatic rings. The Morgan fingerprint density at radius 3 is 2.53 bits per heavy atom. The Kier molecular flexibility index (Phi) is 4.22. The summed E-state index contributed by atoms with van der Waals surface area (Å²) in [5.74, 6) is 1.05. The van der Waals surface area contributed by atoms with Gasteiger partial charge in [-0.1, -0.05) is 19.1 Å². The van der Waals surface area contributed by atoms with Gasteiger partial charge in [0.05, 0.1) is 6.54 Å². The molecule has 0 aliphatic heterocycles. The van der Waals surface area contributed by atoms with E-state index in [1.54, 1.807) is 0 Å². The minimum atomic E-state index is 0.133. The highest BCUT2D eigenvalue weighted by Gasteiger charge is 2.07. The van der Waals surface area contributed by atoms with Gasteiger partial charge in [0.1, 0.15) is 5.82 Å². The number of anilines is 1. The molecule has 0 aliphatic carbocycles. The first-order valence-corrected chi connectivity index (χ1v) is 6.64. The van der Waals surface area contributed by atoms with Crippen LogP contribution in [0.25, 0.3) is 0 Å². The summed E-state index contributed by atoms with van der Waals surface area (Å²) in [7, 11) is 4.09. The molecule has 2 aromatic rings. The number of aryl methyl sites for hydroxylation is 1. The maximum Gasteiger partial charge on any atom is 0.127 e. The highest BCUT2D eigenvalue weighted by molar-refractivity contribution is 5.47. The van der Waals surface area contributed by atoms with Crippen LogP contribution in [0.15, 0.2) is 36.7 Å². The van der Waals surface area contributed by atoms with Crippen molar-refractivity contribution in [2.45, 2.75) is 25.9 Å². The lowest BCUT2D eigenvalue weighted by Gasteiger charge is -2.20. The van der Waals surface area contributed by atoms with Crippen molar-refractivity contribution in [2.24, 2.45) is 12.8 Å².